The molecule has 0 aliphatic carbocycles. The third-order valence-corrected chi connectivity index (χ3v) is 5.31. The Balaban J connectivity index is 2.36. The van der Waals surface area contributed by atoms with Crippen molar-refractivity contribution in [3.63, 3.8) is 0 Å². The Bertz CT molecular complexity index is 846. The largest absolute Gasteiger partial charge is 0.507 e. The summed E-state index contributed by atoms with van der Waals surface area (Å²) in [5.41, 5.74) is 0.267. The van der Waals surface area contributed by atoms with E-state index in [1.807, 2.05) is 0 Å². The number of hydrogen-bond acceptors (Lipinski definition) is 9. The maximum absolute atomic E-state index is 12.8. The monoisotopic (exact) mass is 436 g/mol. The van der Waals surface area contributed by atoms with E-state index >= 15 is 0 Å². The van der Waals surface area contributed by atoms with E-state index in [-0.39, 0.29) is 61.7 Å². The number of rotatable bonds is 4. The number of cyclic esters (lactones) is 1. The van der Waals surface area contributed by atoms with Gasteiger partial charge in [0.05, 0.1) is 6.61 Å². The van der Waals surface area contributed by atoms with Gasteiger partial charge in [-0.1, -0.05) is 6.92 Å². The molecule has 1 aromatic carbocycles. The van der Waals surface area contributed by atoms with Crippen LogP contribution in [0, 0.1) is 5.92 Å². The van der Waals surface area contributed by atoms with Gasteiger partial charge in [-0.05, 0) is 43.7 Å². The maximum Gasteiger partial charge on any atom is 0.342 e. The predicted molar refractivity (Wildman–Crippen MR) is 108 cm³/mol. The Kier molecular flexibility index (Phi) is 8.70. The standard InChI is InChI=1S/C22H28O9/c1-12-6-7-18(26)21(28)17(25)5-3-4-14-8-16(30-11-15(24)10-23)9-19(27)20(14)22(29)31-13(12)2/h8-9,12-13,15,23-24,27H,3-7,10-11H2,1-2H3/t12-,13+,15-/m1/s1. The molecule has 0 fully saturated rings. The molecule has 0 aromatic heterocycles. The van der Waals surface area contributed by atoms with Crippen molar-refractivity contribution in [1.29, 1.82) is 0 Å². The number of Topliss-reactive ketones (excluding diaryl/α,β-unsaturated/α-hetero) is 3. The van der Waals surface area contributed by atoms with Crippen LogP contribution in [0.1, 0.15) is 55.5 Å². The molecule has 31 heavy (non-hydrogen) atoms. The number of fused-ring (bicyclic) bond motifs is 1. The molecule has 0 radical (unpaired) electrons. The second-order valence-electron chi connectivity index (χ2n) is 7.78. The van der Waals surface area contributed by atoms with Gasteiger partial charge < -0.3 is 24.8 Å². The number of phenols is 1. The number of aliphatic hydroxyl groups excluding tert-OH is 2. The maximum atomic E-state index is 12.8. The Labute approximate surface area is 180 Å². The quantitative estimate of drug-likeness (QED) is 0.466. The van der Waals surface area contributed by atoms with E-state index in [0.717, 1.165) is 0 Å². The molecule has 0 bridgehead atoms. The van der Waals surface area contributed by atoms with E-state index in [9.17, 15) is 29.4 Å². The zero-order valence-electron chi connectivity index (χ0n) is 17.6. The second kappa shape index (κ2) is 11.0. The highest BCUT2D eigenvalue weighted by molar-refractivity contribution is 6.63. The number of aliphatic hydroxyl groups is 2. The number of aromatic hydroxyl groups is 1. The number of benzene rings is 1. The lowest BCUT2D eigenvalue weighted by atomic mass is 9.94. The zero-order valence-corrected chi connectivity index (χ0v) is 17.6. The number of ketones is 3. The van der Waals surface area contributed by atoms with Gasteiger partial charge in [-0.2, -0.15) is 0 Å². The molecule has 0 unspecified atom stereocenters. The van der Waals surface area contributed by atoms with Crippen LogP contribution in [-0.4, -0.2) is 64.1 Å². The number of ether oxygens (including phenoxy) is 2. The van der Waals surface area contributed by atoms with Crippen LogP contribution in [0.4, 0.5) is 0 Å². The molecular formula is C22H28O9. The first kappa shape index (κ1) is 24.5. The molecule has 1 aromatic rings. The highest BCUT2D eigenvalue weighted by Gasteiger charge is 2.28. The van der Waals surface area contributed by atoms with Crippen molar-refractivity contribution in [2.24, 2.45) is 5.92 Å². The number of phenolic OH excluding ortho intramolecular Hbond substituents is 1. The molecule has 170 valence electrons. The summed E-state index contributed by atoms with van der Waals surface area (Å²) in [5, 5.41) is 28.8. The average Bonchev–Trinajstić information content (AvgIpc) is 2.73. The molecule has 0 spiro atoms. The molecule has 1 heterocycles. The summed E-state index contributed by atoms with van der Waals surface area (Å²) in [5.74, 6) is -3.80. The Morgan fingerprint density at radius 3 is 2.45 bits per heavy atom. The van der Waals surface area contributed by atoms with Gasteiger partial charge in [-0.25, -0.2) is 4.79 Å². The van der Waals surface area contributed by atoms with E-state index in [1.54, 1.807) is 13.8 Å². The fourth-order valence-corrected chi connectivity index (χ4v) is 3.18. The first-order valence-corrected chi connectivity index (χ1v) is 10.2. The summed E-state index contributed by atoms with van der Waals surface area (Å²) in [6.45, 7) is 2.67. The topological polar surface area (TPSA) is 147 Å². The zero-order chi connectivity index (χ0) is 23.1. The Hall–Kier alpha value is -2.78. The predicted octanol–water partition coefficient (Wildman–Crippen LogP) is 1.13. The van der Waals surface area contributed by atoms with Crippen molar-refractivity contribution in [3.05, 3.63) is 23.3 Å². The van der Waals surface area contributed by atoms with E-state index in [4.69, 9.17) is 14.6 Å². The van der Waals surface area contributed by atoms with Gasteiger partial charge in [0, 0.05) is 18.9 Å². The first-order chi connectivity index (χ1) is 14.6. The van der Waals surface area contributed by atoms with Crippen LogP contribution in [0.2, 0.25) is 0 Å². The SMILES string of the molecule is C[C@@H]1CCC(=O)C(=O)C(=O)CCCc2cc(OC[C@H](O)CO)cc(O)c2C(=O)O[C@H]1C. The summed E-state index contributed by atoms with van der Waals surface area (Å²) < 4.78 is 10.8. The van der Waals surface area contributed by atoms with Crippen molar-refractivity contribution >= 4 is 23.3 Å². The van der Waals surface area contributed by atoms with Crippen LogP contribution in [0.15, 0.2) is 12.1 Å². The van der Waals surface area contributed by atoms with Crippen LogP contribution in [0.3, 0.4) is 0 Å². The molecule has 9 heteroatoms. The highest BCUT2D eigenvalue weighted by Crippen LogP contribution is 2.31. The highest BCUT2D eigenvalue weighted by atomic mass is 16.5. The Morgan fingerprint density at radius 2 is 1.77 bits per heavy atom. The number of carbonyl (C=O) groups is 4. The van der Waals surface area contributed by atoms with Gasteiger partial charge in [0.25, 0.3) is 5.78 Å². The van der Waals surface area contributed by atoms with Gasteiger partial charge in [-0.3, -0.25) is 14.4 Å². The van der Waals surface area contributed by atoms with E-state index < -0.39 is 42.1 Å². The summed E-state index contributed by atoms with van der Waals surface area (Å²) >= 11 is 0. The van der Waals surface area contributed by atoms with Crippen LogP contribution >= 0.6 is 0 Å². The molecule has 2 rings (SSSR count). The molecule has 9 nitrogen and oxygen atoms in total. The van der Waals surface area contributed by atoms with Gasteiger partial charge >= 0.3 is 5.97 Å². The van der Waals surface area contributed by atoms with Crippen molar-refractivity contribution in [3.8, 4) is 11.5 Å². The second-order valence-corrected chi connectivity index (χ2v) is 7.78. The molecule has 1 aliphatic heterocycles. The minimum atomic E-state index is -1.12. The molecule has 0 amide bonds. The minimum absolute atomic E-state index is 0.0685. The van der Waals surface area contributed by atoms with Crippen LogP contribution in [0.25, 0.3) is 0 Å². The molecular weight excluding hydrogens is 408 g/mol. The van der Waals surface area contributed by atoms with Gasteiger partial charge in [0.1, 0.15) is 35.9 Å². The number of carbonyl (C=O) groups excluding carboxylic acids is 4. The van der Waals surface area contributed by atoms with Gasteiger partial charge in [0.2, 0.25) is 11.6 Å². The molecule has 0 saturated carbocycles. The molecule has 3 atom stereocenters. The smallest absolute Gasteiger partial charge is 0.342 e. The van der Waals surface area contributed by atoms with E-state index in [2.05, 4.69) is 0 Å². The first-order valence-electron chi connectivity index (χ1n) is 10.2. The van der Waals surface area contributed by atoms with Crippen molar-refractivity contribution in [2.45, 2.75) is 58.2 Å². The number of aryl methyl sites for hydroxylation is 1. The van der Waals surface area contributed by atoms with Crippen molar-refractivity contribution < 1.29 is 44.0 Å². The lowest BCUT2D eigenvalue weighted by Gasteiger charge is -2.22. The minimum Gasteiger partial charge on any atom is -0.507 e. The van der Waals surface area contributed by atoms with Gasteiger partial charge in [0.15, 0.2) is 0 Å². The van der Waals surface area contributed by atoms with E-state index in [1.165, 1.54) is 12.1 Å². The summed E-state index contributed by atoms with van der Waals surface area (Å²) in [6, 6.07) is 2.67. The van der Waals surface area contributed by atoms with Crippen LogP contribution in [0.5, 0.6) is 11.5 Å². The Morgan fingerprint density at radius 1 is 1.10 bits per heavy atom. The molecule has 0 saturated heterocycles. The lowest BCUT2D eigenvalue weighted by molar-refractivity contribution is -0.144. The summed E-state index contributed by atoms with van der Waals surface area (Å²) in [6.07, 6.45) is -1.44. The molecule has 1 aliphatic rings. The fraction of sp³-hybridized carbons (Fsp3) is 0.545. The van der Waals surface area contributed by atoms with Gasteiger partial charge in [-0.15, -0.1) is 0 Å². The van der Waals surface area contributed by atoms with Crippen molar-refractivity contribution in [1.82, 2.24) is 0 Å². The fourth-order valence-electron chi connectivity index (χ4n) is 3.18. The van der Waals surface area contributed by atoms with Crippen molar-refractivity contribution in [2.75, 3.05) is 13.2 Å². The summed E-state index contributed by atoms with van der Waals surface area (Å²) in [4.78, 5) is 48.8. The normalized spacial score (nSPS) is 22.3. The van der Waals surface area contributed by atoms with Crippen LogP contribution in [-0.2, 0) is 25.5 Å². The van der Waals surface area contributed by atoms with E-state index in [0.29, 0.717) is 5.56 Å². The van der Waals surface area contributed by atoms with Crippen LogP contribution < -0.4 is 4.74 Å². The lowest BCUT2D eigenvalue weighted by Crippen LogP contribution is -2.27. The third-order valence-electron chi connectivity index (χ3n) is 5.31. The number of hydrogen-bond donors (Lipinski definition) is 3. The average molecular weight is 436 g/mol. The molecule has 3 N–H and O–H groups in total. The number of esters is 1. The summed E-state index contributed by atoms with van der Waals surface area (Å²) in [7, 11) is 0. The third kappa shape index (κ3) is 6.60.